The Morgan fingerprint density at radius 2 is 1.90 bits per heavy atom. The minimum Gasteiger partial charge on any atom is -0.486 e. The SMILES string of the molecule is CCCC1CC(CNCC)(c2ccc3c(c2)OCCO3)C1. The second-order valence-corrected chi connectivity index (χ2v) is 6.48. The molecule has 0 aromatic heterocycles. The Morgan fingerprint density at radius 3 is 2.62 bits per heavy atom. The summed E-state index contributed by atoms with van der Waals surface area (Å²) in [7, 11) is 0. The highest BCUT2D eigenvalue weighted by molar-refractivity contribution is 5.47. The van der Waals surface area contributed by atoms with Crippen molar-refractivity contribution in [2.24, 2.45) is 5.92 Å². The van der Waals surface area contributed by atoms with Gasteiger partial charge in [-0.1, -0.05) is 32.8 Å². The summed E-state index contributed by atoms with van der Waals surface area (Å²) in [6.07, 6.45) is 5.25. The molecule has 3 rings (SSSR count). The second kappa shape index (κ2) is 6.27. The molecule has 1 aromatic carbocycles. The third-order valence-corrected chi connectivity index (χ3v) is 4.92. The van der Waals surface area contributed by atoms with Gasteiger partial charge in [0.2, 0.25) is 0 Å². The van der Waals surface area contributed by atoms with Crippen LogP contribution < -0.4 is 14.8 Å². The molecule has 1 aliphatic heterocycles. The number of hydrogen-bond acceptors (Lipinski definition) is 3. The van der Waals surface area contributed by atoms with Gasteiger partial charge in [-0.25, -0.2) is 0 Å². The number of nitrogens with one attached hydrogen (secondary N) is 1. The molecule has 0 atom stereocenters. The summed E-state index contributed by atoms with van der Waals surface area (Å²) in [4.78, 5) is 0. The molecule has 0 spiro atoms. The standard InChI is InChI=1S/C18H27NO2/c1-3-5-14-11-18(12-14,13-19-4-2)15-6-7-16-17(10-15)21-9-8-20-16/h6-7,10,14,19H,3-5,8-9,11-13H2,1-2H3. The highest BCUT2D eigenvalue weighted by Crippen LogP contribution is 2.50. The van der Waals surface area contributed by atoms with Gasteiger partial charge in [0.25, 0.3) is 0 Å². The molecule has 116 valence electrons. The average molecular weight is 289 g/mol. The van der Waals surface area contributed by atoms with E-state index in [0.717, 1.165) is 30.5 Å². The third-order valence-electron chi connectivity index (χ3n) is 4.92. The minimum atomic E-state index is 0.297. The van der Waals surface area contributed by atoms with E-state index in [9.17, 15) is 0 Å². The first kappa shape index (κ1) is 14.7. The molecule has 3 heteroatoms. The van der Waals surface area contributed by atoms with Gasteiger partial charge >= 0.3 is 0 Å². The van der Waals surface area contributed by atoms with Crippen molar-refractivity contribution in [3.8, 4) is 11.5 Å². The maximum Gasteiger partial charge on any atom is 0.161 e. The summed E-state index contributed by atoms with van der Waals surface area (Å²) < 4.78 is 11.4. The lowest BCUT2D eigenvalue weighted by Gasteiger charge is -2.49. The largest absolute Gasteiger partial charge is 0.486 e. The van der Waals surface area contributed by atoms with Gasteiger partial charge in [-0.05, 0) is 43.0 Å². The maximum absolute atomic E-state index is 5.76. The van der Waals surface area contributed by atoms with E-state index in [1.807, 2.05) is 0 Å². The Hall–Kier alpha value is -1.22. The van der Waals surface area contributed by atoms with Crippen LogP contribution in [-0.4, -0.2) is 26.3 Å². The van der Waals surface area contributed by atoms with Gasteiger partial charge in [0.15, 0.2) is 11.5 Å². The average Bonchev–Trinajstić information content (AvgIpc) is 2.49. The van der Waals surface area contributed by atoms with E-state index in [0.29, 0.717) is 18.6 Å². The summed E-state index contributed by atoms with van der Waals surface area (Å²) in [6, 6.07) is 6.55. The smallest absolute Gasteiger partial charge is 0.161 e. The van der Waals surface area contributed by atoms with Crippen molar-refractivity contribution in [2.75, 3.05) is 26.3 Å². The van der Waals surface area contributed by atoms with Crippen LogP contribution in [0.3, 0.4) is 0 Å². The number of likely N-dealkylation sites (N-methyl/N-ethyl adjacent to an activating group) is 1. The number of ether oxygens (including phenoxy) is 2. The summed E-state index contributed by atoms with van der Waals surface area (Å²) in [6.45, 7) is 7.89. The van der Waals surface area contributed by atoms with Gasteiger partial charge < -0.3 is 14.8 Å². The Balaban J connectivity index is 1.80. The second-order valence-electron chi connectivity index (χ2n) is 6.48. The molecule has 0 radical (unpaired) electrons. The van der Waals surface area contributed by atoms with E-state index in [1.165, 1.54) is 31.2 Å². The van der Waals surface area contributed by atoms with E-state index in [2.05, 4.69) is 37.4 Å². The zero-order valence-electron chi connectivity index (χ0n) is 13.3. The summed E-state index contributed by atoms with van der Waals surface area (Å²) in [5.74, 6) is 2.71. The van der Waals surface area contributed by atoms with Crippen molar-refractivity contribution in [1.82, 2.24) is 5.32 Å². The molecule has 0 amide bonds. The lowest BCUT2D eigenvalue weighted by molar-refractivity contribution is 0.127. The molecule has 1 fully saturated rings. The number of rotatable bonds is 6. The predicted octanol–water partition coefficient (Wildman–Crippen LogP) is 3.52. The number of hydrogen-bond donors (Lipinski definition) is 1. The molecule has 1 saturated carbocycles. The first-order valence-corrected chi connectivity index (χ1v) is 8.38. The van der Waals surface area contributed by atoms with Crippen LogP contribution in [0.25, 0.3) is 0 Å². The molecule has 0 bridgehead atoms. The first-order chi connectivity index (χ1) is 10.3. The lowest BCUT2D eigenvalue weighted by Crippen LogP contribution is -2.48. The van der Waals surface area contributed by atoms with Crippen LogP contribution in [0.15, 0.2) is 18.2 Å². The van der Waals surface area contributed by atoms with Crippen molar-refractivity contribution in [1.29, 1.82) is 0 Å². The van der Waals surface area contributed by atoms with Crippen LogP contribution in [0.5, 0.6) is 11.5 Å². The van der Waals surface area contributed by atoms with Gasteiger partial charge in [-0.2, -0.15) is 0 Å². The van der Waals surface area contributed by atoms with Gasteiger partial charge in [0, 0.05) is 12.0 Å². The maximum atomic E-state index is 5.76. The highest BCUT2D eigenvalue weighted by atomic mass is 16.6. The Morgan fingerprint density at radius 1 is 1.14 bits per heavy atom. The molecule has 2 aliphatic rings. The summed E-state index contributed by atoms with van der Waals surface area (Å²) in [5.41, 5.74) is 1.71. The molecular weight excluding hydrogens is 262 g/mol. The van der Waals surface area contributed by atoms with Crippen LogP contribution in [-0.2, 0) is 5.41 Å². The van der Waals surface area contributed by atoms with E-state index in [-0.39, 0.29) is 0 Å². The highest BCUT2D eigenvalue weighted by Gasteiger charge is 2.44. The zero-order chi connectivity index (χ0) is 14.7. The van der Waals surface area contributed by atoms with Gasteiger partial charge in [-0.3, -0.25) is 0 Å². The molecule has 1 heterocycles. The number of benzene rings is 1. The van der Waals surface area contributed by atoms with Crippen LogP contribution in [0.1, 0.15) is 45.1 Å². The van der Waals surface area contributed by atoms with Crippen molar-refractivity contribution in [3.63, 3.8) is 0 Å². The third kappa shape index (κ3) is 2.89. The number of fused-ring (bicyclic) bond motifs is 1. The van der Waals surface area contributed by atoms with Crippen molar-refractivity contribution < 1.29 is 9.47 Å². The molecule has 0 saturated heterocycles. The Kier molecular flexibility index (Phi) is 4.39. The van der Waals surface area contributed by atoms with Crippen molar-refractivity contribution in [2.45, 2.75) is 44.9 Å². The fraction of sp³-hybridized carbons (Fsp3) is 0.667. The van der Waals surface area contributed by atoms with E-state index in [1.54, 1.807) is 0 Å². The van der Waals surface area contributed by atoms with E-state index in [4.69, 9.17) is 9.47 Å². The van der Waals surface area contributed by atoms with Crippen LogP contribution in [0.4, 0.5) is 0 Å². The van der Waals surface area contributed by atoms with Crippen molar-refractivity contribution >= 4 is 0 Å². The monoisotopic (exact) mass is 289 g/mol. The fourth-order valence-electron chi connectivity index (χ4n) is 3.88. The molecule has 21 heavy (non-hydrogen) atoms. The first-order valence-electron chi connectivity index (χ1n) is 8.38. The predicted molar refractivity (Wildman–Crippen MR) is 85.3 cm³/mol. The van der Waals surface area contributed by atoms with E-state index >= 15 is 0 Å². The zero-order valence-corrected chi connectivity index (χ0v) is 13.3. The summed E-state index contributed by atoms with van der Waals surface area (Å²) in [5, 5.41) is 3.56. The molecular formula is C18H27NO2. The van der Waals surface area contributed by atoms with Gasteiger partial charge in [-0.15, -0.1) is 0 Å². The van der Waals surface area contributed by atoms with Gasteiger partial charge in [0.05, 0.1) is 0 Å². The van der Waals surface area contributed by atoms with Crippen LogP contribution >= 0.6 is 0 Å². The molecule has 3 nitrogen and oxygen atoms in total. The molecule has 1 aliphatic carbocycles. The normalized spacial score (nSPS) is 27.2. The molecule has 1 aromatic rings. The topological polar surface area (TPSA) is 30.5 Å². The van der Waals surface area contributed by atoms with Crippen LogP contribution in [0, 0.1) is 5.92 Å². The fourth-order valence-corrected chi connectivity index (χ4v) is 3.88. The quantitative estimate of drug-likeness (QED) is 0.869. The minimum absolute atomic E-state index is 0.297. The summed E-state index contributed by atoms with van der Waals surface area (Å²) >= 11 is 0. The van der Waals surface area contributed by atoms with Crippen LogP contribution in [0.2, 0.25) is 0 Å². The molecule has 1 N–H and O–H groups in total. The molecule has 0 unspecified atom stereocenters. The lowest BCUT2D eigenvalue weighted by atomic mass is 9.57. The van der Waals surface area contributed by atoms with E-state index < -0.39 is 0 Å². The Bertz CT molecular complexity index is 480. The van der Waals surface area contributed by atoms with Crippen molar-refractivity contribution in [3.05, 3.63) is 23.8 Å². The van der Waals surface area contributed by atoms with Gasteiger partial charge in [0.1, 0.15) is 13.2 Å². The Labute approximate surface area is 128 Å².